The highest BCUT2D eigenvalue weighted by molar-refractivity contribution is 6.09. The van der Waals surface area contributed by atoms with Crippen molar-refractivity contribution in [3.63, 3.8) is 0 Å². The average molecular weight is 648 g/mol. The molecular formula is C33H29F4N7O3. The Hall–Kier alpha value is -5.40. The molecule has 5 aromatic rings. The highest BCUT2D eigenvalue weighted by Gasteiger charge is 2.51. The summed E-state index contributed by atoms with van der Waals surface area (Å²) in [5.74, 6) is -3.65. The third-order valence-corrected chi connectivity index (χ3v) is 7.77. The van der Waals surface area contributed by atoms with Crippen molar-refractivity contribution in [2.45, 2.75) is 52.3 Å². The summed E-state index contributed by atoms with van der Waals surface area (Å²) in [6.45, 7) is 3.78. The molecule has 1 fully saturated rings. The van der Waals surface area contributed by atoms with Crippen molar-refractivity contribution in [3.8, 4) is 16.9 Å². The summed E-state index contributed by atoms with van der Waals surface area (Å²) >= 11 is 0. The number of primary amides is 1. The van der Waals surface area contributed by atoms with Gasteiger partial charge in [-0.1, -0.05) is 19.9 Å². The SMILES string of the molecule is CC.NC(=O)c1c(CC2CC2)nc2c(ccn2Cc2ccc(F)cn2)c1-c1ccc2c(c1)OC(F)(F)C(=O)N2Cc1ncc(F)cn1. The topological polar surface area (TPSA) is 129 Å². The van der Waals surface area contributed by atoms with Crippen LogP contribution >= 0.6 is 0 Å². The lowest BCUT2D eigenvalue weighted by Gasteiger charge is -2.33. The van der Waals surface area contributed by atoms with Gasteiger partial charge in [0.25, 0.3) is 5.91 Å². The van der Waals surface area contributed by atoms with Crippen LogP contribution in [-0.2, 0) is 24.3 Å². The van der Waals surface area contributed by atoms with Crippen molar-refractivity contribution in [2.24, 2.45) is 11.7 Å². The quantitative estimate of drug-likeness (QED) is 0.211. The van der Waals surface area contributed by atoms with E-state index in [4.69, 9.17) is 15.5 Å². The van der Waals surface area contributed by atoms with E-state index >= 15 is 0 Å². The fraction of sp³-hybridized carbons (Fsp3) is 0.273. The molecule has 2 amide bonds. The molecule has 0 saturated heterocycles. The molecule has 2 N–H and O–H groups in total. The maximum atomic E-state index is 14.9. The Bertz CT molecular complexity index is 1980. The van der Waals surface area contributed by atoms with Gasteiger partial charge in [-0.2, -0.15) is 8.78 Å². The molecule has 1 saturated carbocycles. The number of carbonyl (C=O) groups excluding carboxylic acids is 2. The van der Waals surface area contributed by atoms with Crippen LogP contribution in [0.1, 0.15) is 54.3 Å². The normalized spacial score (nSPS) is 15.1. The second-order valence-corrected chi connectivity index (χ2v) is 11.0. The molecular weight excluding hydrogens is 618 g/mol. The van der Waals surface area contributed by atoms with Gasteiger partial charge in [0.1, 0.15) is 17.3 Å². The van der Waals surface area contributed by atoms with E-state index in [0.717, 1.165) is 36.3 Å². The second kappa shape index (κ2) is 12.4. The predicted molar refractivity (Wildman–Crippen MR) is 164 cm³/mol. The molecule has 5 heterocycles. The lowest BCUT2D eigenvalue weighted by Crippen LogP contribution is -2.50. The first kappa shape index (κ1) is 31.6. The molecule has 1 aromatic carbocycles. The van der Waals surface area contributed by atoms with Crippen LogP contribution in [-0.4, -0.2) is 42.4 Å². The molecule has 2 aliphatic rings. The minimum Gasteiger partial charge on any atom is -0.423 e. The molecule has 47 heavy (non-hydrogen) atoms. The number of hydrogen-bond donors (Lipinski definition) is 1. The zero-order valence-corrected chi connectivity index (χ0v) is 25.4. The first-order valence-electron chi connectivity index (χ1n) is 15.0. The number of ether oxygens (including phenoxy) is 1. The van der Waals surface area contributed by atoms with Crippen LogP contribution in [0.2, 0.25) is 0 Å². The standard InChI is InChI=1S/C31H23F4N7O3.C2H6/c32-18-4-5-20(37-11-18)14-41-8-7-21-26(27(28(36)43)22(40-29(21)41)9-16-1-2-16)17-3-6-23-24(10-17)45-31(34,35)30(44)42(23)15-25-38-12-19(33)13-39-25;1-2/h3-8,10-13,16H,1-2,9,14-15H2,(H2,36,43);1-2H3. The maximum absolute atomic E-state index is 14.9. The number of benzene rings is 1. The Kier molecular flexibility index (Phi) is 8.34. The lowest BCUT2D eigenvalue weighted by atomic mass is 9.93. The van der Waals surface area contributed by atoms with E-state index in [2.05, 4.69) is 15.0 Å². The van der Waals surface area contributed by atoms with E-state index in [0.29, 0.717) is 45.9 Å². The number of fused-ring (bicyclic) bond motifs is 2. The molecule has 14 heteroatoms. The smallest absolute Gasteiger partial charge is 0.423 e. The molecule has 0 radical (unpaired) electrons. The van der Waals surface area contributed by atoms with E-state index in [9.17, 15) is 27.2 Å². The van der Waals surface area contributed by atoms with Gasteiger partial charge in [-0.25, -0.2) is 23.7 Å². The fourth-order valence-corrected chi connectivity index (χ4v) is 5.50. The second-order valence-electron chi connectivity index (χ2n) is 11.0. The van der Waals surface area contributed by atoms with Gasteiger partial charge < -0.3 is 15.0 Å². The minimum atomic E-state index is -4.23. The van der Waals surface area contributed by atoms with Crippen molar-refractivity contribution in [1.82, 2.24) is 24.5 Å². The predicted octanol–water partition coefficient (Wildman–Crippen LogP) is 5.81. The van der Waals surface area contributed by atoms with Gasteiger partial charge in [-0.05, 0) is 61.1 Å². The van der Waals surface area contributed by atoms with Crippen molar-refractivity contribution >= 4 is 28.5 Å². The highest BCUT2D eigenvalue weighted by Crippen LogP contribution is 2.45. The van der Waals surface area contributed by atoms with Gasteiger partial charge in [0.05, 0.1) is 54.3 Å². The van der Waals surface area contributed by atoms with Crippen molar-refractivity contribution in [2.75, 3.05) is 4.90 Å². The highest BCUT2D eigenvalue weighted by atomic mass is 19.3. The van der Waals surface area contributed by atoms with Gasteiger partial charge in [0.15, 0.2) is 11.6 Å². The first-order valence-corrected chi connectivity index (χ1v) is 15.0. The molecule has 0 bridgehead atoms. The monoisotopic (exact) mass is 647 g/mol. The van der Waals surface area contributed by atoms with Crippen molar-refractivity contribution < 1.29 is 31.9 Å². The van der Waals surface area contributed by atoms with E-state index < -0.39 is 36.1 Å². The number of amides is 2. The van der Waals surface area contributed by atoms with Crippen LogP contribution in [0.4, 0.5) is 23.2 Å². The summed E-state index contributed by atoms with van der Waals surface area (Å²) in [6.07, 6.45) is 2.79. The number of pyridine rings is 2. The molecule has 1 aliphatic carbocycles. The number of alkyl halides is 2. The number of hydrogen-bond acceptors (Lipinski definition) is 7. The Morgan fingerprint density at radius 2 is 1.72 bits per heavy atom. The van der Waals surface area contributed by atoms with Crippen LogP contribution in [0.3, 0.4) is 0 Å². The molecule has 0 unspecified atom stereocenters. The van der Waals surface area contributed by atoms with E-state index in [1.165, 1.54) is 18.2 Å². The minimum absolute atomic E-state index is 0.00619. The largest absolute Gasteiger partial charge is 0.482 e. The Labute approximate surface area is 266 Å². The molecule has 10 nitrogen and oxygen atoms in total. The number of nitrogens with two attached hydrogens (primary N) is 1. The first-order chi connectivity index (χ1) is 22.6. The van der Waals surface area contributed by atoms with Gasteiger partial charge in [0.2, 0.25) is 0 Å². The summed E-state index contributed by atoms with van der Waals surface area (Å²) in [5.41, 5.74) is 8.31. The Balaban J connectivity index is 0.00000190. The van der Waals surface area contributed by atoms with Gasteiger partial charge in [0, 0.05) is 17.1 Å². The van der Waals surface area contributed by atoms with E-state index in [-0.39, 0.29) is 29.4 Å². The maximum Gasteiger partial charge on any atom is 0.482 e. The lowest BCUT2D eigenvalue weighted by molar-refractivity contribution is -0.193. The summed E-state index contributed by atoms with van der Waals surface area (Å²) in [6, 6.07) is 8.88. The van der Waals surface area contributed by atoms with Gasteiger partial charge >= 0.3 is 12.0 Å². The number of anilines is 1. The summed E-state index contributed by atoms with van der Waals surface area (Å²) in [7, 11) is 0. The third kappa shape index (κ3) is 6.22. The van der Waals surface area contributed by atoms with Crippen LogP contribution in [0.25, 0.3) is 22.2 Å². The Morgan fingerprint density at radius 1 is 1.00 bits per heavy atom. The fourth-order valence-electron chi connectivity index (χ4n) is 5.50. The molecule has 242 valence electrons. The Morgan fingerprint density at radius 3 is 2.38 bits per heavy atom. The summed E-state index contributed by atoms with van der Waals surface area (Å²) < 4.78 is 63.3. The molecule has 1 aliphatic heterocycles. The van der Waals surface area contributed by atoms with Gasteiger partial charge in [-0.15, -0.1) is 0 Å². The summed E-state index contributed by atoms with van der Waals surface area (Å²) in [5, 5.41) is 0.514. The molecule has 4 aromatic heterocycles. The number of aromatic nitrogens is 5. The van der Waals surface area contributed by atoms with Gasteiger partial charge in [-0.3, -0.25) is 19.5 Å². The van der Waals surface area contributed by atoms with Crippen LogP contribution in [0.5, 0.6) is 5.75 Å². The average Bonchev–Trinajstić information content (AvgIpc) is 3.79. The number of nitrogens with zero attached hydrogens (tertiary/aromatic N) is 6. The summed E-state index contributed by atoms with van der Waals surface area (Å²) in [4.78, 5) is 43.0. The molecule has 0 atom stereocenters. The van der Waals surface area contributed by atoms with Crippen molar-refractivity contribution in [3.05, 3.63) is 95.6 Å². The zero-order valence-electron chi connectivity index (χ0n) is 25.4. The zero-order chi connectivity index (χ0) is 33.5. The van der Waals surface area contributed by atoms with E-state index in [1.807, 2.05) is 13.8 Å². The molecule has 7 rings (SSSR count). The van der Waals surface area contributed by atoms with Crippen LogP contribution < -0.4 is 15.4 Å². The number of carbonyl (C=O) groups is 2. The van der Waals surface area contributed by atoms with Crippen LogP contribution in [0.15, 0.2) is 61.2 Å². The number of rotatable bonds is 8. The van der Waals surface area contributed by atoms with Crippen LogP contribution in [0, 0.1) is 17.6 Å². The third-order valence-electron chi connectivity index (χ3n) is 7.77. The molecule has 0 spiro atoms. The van der Waals surface area contributed by atoms with E-state index in [1.54, 1.807) is 29.0 Å². The van der Waals surface area contributed by atoms with Crippen molar-refractivity contribution in [1.29, 1.82) is 0 Å². The number of halogens is 4.